The molecule has 2 aromatic heterocycles. The van der Waals surface area contributed by atoms with Crippen LogP contribution in [0.3, 0.4) is 0 Å². The van der Waals surface area contributed by atoms with E-state index < -0.39 is 0 Å². The molecule has 8 heteroatoms. The van der Waals surface area contributed by atoms with Gasteiger partial charge in [-0.1, -0.05) is 25.1 Å². The highest BCUT2D eigenvalue weighted by molar-refractivity contribution is 6.00. The van der Waals surface area contributed by atoms with Gasteiger partial charge in [-0.05, 0) is 49.2 Å². The molecule has 0 unspecified atom stereocenters. The second kappa shape index (κ2) is 9.08. The van der Waals surface area contributed by atoms with Gasteiger partial charge in [-0.2, -0.15) is 4.98 Å². The molecule has 0 aliphatic rings. The van der Waals surface area contributed by atoms with Gasteiger partial charge in [0, 0.05) is 29.8 Å². The fourth-order valence-electron chi connectivity index (χ4n) is 3.07. The third kappa shape index (κ3) is 5.05. The summed E-state index contributed by atoms with van der Waals surface area (Å²) in [7, 11) is 0. The number of hydrogen-bond donors (Lipinski definition) is 2. The van der Waals surface area contributed by atoms with E-state index in [0.29, 0.717) is 29.0 Å². The molecule has 0 saturated carbocycles. The van der Waals surface area contributed by atoms with E-state index in [9.17, 15) is 4.79 Å². The van der Waals surface area contributed by atoms with Crippen molar-refractivity contribution in [3.8, 4) is 17.4 Å². The van der Waals surface area contributed by atoms with Gasteiger partial charge < -0.3 is 15.4 Å². The smallest absolute Gasteiger partial charge is 0.323 e. The lowest BCUT2D eigenvalue weighted by Gasteiger charge is -2.12. The Bertz CT molecular complexity index is 1170. The molecule has 2 aromatic carbocycles. The van der Waals surface area contributed by atoms with Crippen LogP contribution in [0.4, 0.5) is 16.2 Å². The molecule has 0 radical (unpaired) electrons. The second-order valence-corrected chi connectivity index (χ2v) is 6.80. The standard InChI is InChI=1S/C23H22N6O2/c1-3-17-6-4-5-7-20(17)28-23(30)27-18-8-10-19(11-9-18)31-22-14-21(25-16(2)26-22)29-13-12-24-15-29/h4-15H,3H2,1-2H3,(H2,27,28,30). The van der Waals surface area contributed by atoms with Crippen molar-refractivity contribution >= 4 is 17.4 Å². The number of aryl methyl sites for hydroxylation is 2. The minimum Gasteiger partial charge on any atom is -0.439 e. The zero-order chi connectivity index (χ0) is 21.6. The summed E-state index contributed by atoms with van der Waals surface area (Å²) in [6.07, 6.45) is 5.99. The topological polar surface area (TPSA) is 94.0 Å². The predicted octanol–water partition coefficient (Wildman–Crippen LogP) is 4.97. The first-order valence-corrected chi connectivity index (χ1v) is 9.88. The largest absolute Gasteiger partial charge is 0.439 e. The van der Waals surface area contributed by atoms with Gasteiger partial charge in [0.05, 0.1) is 0 Å². The zero-order valence-electron chi connectivity index (χ0n) is 17.2. The molecule has 0 spiro atoms. The first-order valence-electron chi connectivity index (χ1n) is 9.88. The van der Waals surface area contributed by atoms with Gasteiger partial charge in [-0.25, -0.2) is 14.8 Å². The number of carbonyl (C=O) groups excluding carboxylic acids is 1. The van der Waals surface area contributed by atoms with E-state index >= 15 is 0 Å². The SMILES string of the molecule is CCc1ccccc1NC(=O)Nc1ccc(Oc2cc(-n3ccnc3)nc(C)n2)cc1. The van der Waals surface area contributed by atoms with Gasteiger partial charge >= 0.3 is 6.03 Å². The molecule has 8 nitrogen and oxygen atoms in total. The van der Waals surface area contributed by atoms with E-state index in [-0.39, 0.29) is 6.03 Å². The lowest BCUT2D eigenvalue weighted by molar-refractivity contribution is 0.262. The Balaban J connectivity index is 1.41. The van der Waals surface area contributed by atoms with Crippen LogP contribution in [0.1, 0.15) is 18.3 Å². The summed E-state index contributed by atoms with van der Waals surface area (Å²) in [4.78, 5) is 25.1. The van der Waals surface area contributed by atoms with Crippen LogP contribution >= 0.6 is 0 Å². The number of nitrogens with one attached hydrogen (secondary N) is 2. The average molecular weight is 414 g/mol. The number of urea groups is 1. The molecule has 0 bridgehead atoms. The maximum absolute atomic E-state index is 12.3. The molecular weight excluding hydrogens is 392 g/mol. The summed E-state index contributed by atoms with van der Waals surface area (Å²) >= 11 is 0. The summed E-state index contributed by atoms with van der Waals surface area (Å²) in [6, 6.07) is 16.2. The van der Waals surface area contributed by atoms with Gasteiger partial charge in [0.1, 0.15) is 23.7 Å². The van der Waals surface area contributed by atoms with Crippen molar-refractivity contribution in [2.75, 3.05) is 10.6 Å². The van der Waals surface area contributed by atoms with Crippen LogP contribution in [-0.2, 0) is 6.42 Å². The van der Waals surface area contributed by atoms with E-state index in [1.807, 2.05) is 24.3 Å². The Morgan fingerprint density at radius 2 is 1.87 bits per heavy atom. The van der Waals surface area contributed by atoms with Crippen LogP contribution < -0.4 is 15.4 Å². The molecule has 4 rings (SSSR count). The average Bonchev–Trinajstić information content (AvgIpc) is 3.30. The van der Waals surface area contributed by atoms with E-state index in [1.165, 1.54) is 0 Å². The van der Waals surface area contributed by atoms with Gasteiger partial charge in [0.15, 0.2) is 0 Å². The number of aromatic nitrogens is 4. The number of para-hydroxylation sites is 1. The van der Waals surface area contributed by atoms with Crippen molar-refractivity contribution in [3.05, 3.63) is 84.7 Å². The Hall–Kier alpha value is -4.20. The van der Waals surface area contributed by atoms with Crippen molar-refractivity contribution in [1.82, 2.24) is 19.5 Å². The Morgan fingerprint density at radius 3 is 2.61 bits per heavy atom. The first-order chi connectivity index (χ1) is 15.1. The summed E-state index contributed by atoms with van der Waals surface area (Å²) in [5, 5.41) is 5.71. The summed E-state index contributed by atoms with van der Waals surface area (Å²) in [5.41, 5.74) is 2.53. The van der Waals surface area contributed by atoms with E-state index in [0.717, 1.165) is 17.7 Å². The summed E-state index contributed by atoms with van der Waals surface area (Å²) < 4.78 is 7.65. The number of carbonyl (C=O) groups is 1. The number of benzene rings is 2. The molecule has 156 valence electrons. The van der Waals surface area contributed by atoms with Crippen LogP contribution in [0.25, 0.3) is 5.82 Å². The third-order valence-corrected chi connectivity index (χ3v) is 4.55. The van der Waals surface area contributed by atoms with E-state index in [2.05, 4.69) is 32.5 Å². The van der Waals surface area contributed by atoms with Crippen LogP contribution in [0.5, 0.6) is 11.6 Å². The van der Waals surface area contributed by atoms with Crippen molar-refractivity contribution in [1.29, 1.82) is 0 Å². The maximum Gasteiger partial charge on any atom is 0.323 e. The number of imidazole rings is 1. The summed E-state index contributed by atoms with van der Waals surface area (Å²) in [6.45, 7) is 3.85. The number of anilines is 2. The minimum absolute atomic E-state index is 0.300. The first kappa shape index (κ1) is 20.1. The monoisotopic (exact) mass is 414 g/mol. The Morgan fingerprint density at radius 1 is 1.06 bits per heavy atom. The number of ether oxygens (including phenoxy) is 1. The fourth-order valence-corrected chi connectivity index (χ4v) is 3.07. The van der Waals surface area contributed by atoms with Crippen molar-refractivity contribution in [2.45, 2.75) is 20.3 Å². The molecule has 31 heavy (non-hydrogen) atoms. The maximum atomic E-state index is 12.3. The number of nitrogens with zero attached hydrogens (tertiary/aromatic N) is 4. The van der Waals surface area contributed by atoms with Gasteiger partial charge in [0.25, 0.3) is 0 Å². The zero-order valence-corrected chi connectivity index (χ0v) is 17.2. The minimum atomic E-state index is -0.300. The number of rotatable bonds is 6. The number of amides is 2. The van der Waals surface area contributed by atoms with Gasteiger partial charge in [0.2, 0.25) is 5.88 Å². The lowest BCUT2D eigenvalue weighted by atomic mass is 10.1. The molecule has 0 saturated heterocycles. The van der Waals surface area contributed by atoms with Crippen LogP contribution in [0, 0.1) is 6.92 Å². The summed E-state index contributed by atoms with van der Waals surface area (Å²) in [5.74, 6) is 2.27. The molecule has 0 fully saturated rings. The number of hydrogen-bond acceptors (Lipinski definition) is 5. The lowest BCUT2D eigenvalue weighted by Crippen LogP contribution is -2.20. The van der Waals surface area contributed by atoms with E-state index in [4.69, 9.17) is 4.74 Å². The molecule has 2 N–H and O–H groups in total. The highest BCUT2D eigenvalue weighted by Crippen LogP contribution is 2.23. The fraction of sp³-hybridized carbons (Fsp3) is 0.130. The quantitative estimate of drug-likeness (QED) is 0.465. The van der Waals surface area contributed by atoms with Crippen molar-refractivity contribution in [3.63, 3.8) is 0 Å². The van der Waals surface area contributed by atoms with Gasteiger partial charge in [-0.3, -0.25) is 4.57 Å². The van der Waals surface area contributed by atoms with Crippen molar-refractivity contribution < 1.29 is 9.53 Å². The molecule has 4 aromatic rings. The van der Waals surface area contributed by atoms with Crippen LogP contribution in [0.15, 0.2) is 73.3 Å². The van der Waals surface area contributed by atoms with E-state index in [1.54, 1.807) is 60.5 Å². The van der Waals surface area contributed by atoms with Crippen molar-refractivity contribution in [2.24, 2.45) is 0 Å². The molecule has 2 amide bonds. The Kier molecular flexibility index (Phi) is 5.89. The molecule has 0 aliphatic heterocycles. The molecule has 0 aliphatic carbocycles. The van der Waals surface area contributed by atoms with Crippen LogP contribution in [0.2, 0.25) is 0 Å². The molecule has 0 atom stereocenters. The normalized spacial score (nSPS) is 10.5. The predicted molar refractivity (Wildman–Crippen MR) is 119 cm³/mol. The second-order valence-electron chi connectivity index (χ2n) is 6.80. The third-order valence-electron chi connectivity index (χ3n) is 4.55. The highest BCUT2D eigenvalue weighted by atomic mass is 16.5. The molecule has 2 heterocycles. The molecular formula is C23H22N6O2. The Labute approximate surface area is 180 Å². The van der Waals surface area contributed by atoms with Gasteiger partial charge in [-0.15, -0.1) is 0 Å². The van der Waals surface area contributed by atoms with Crippen LogP contribution in [-0.4, -0.2) is 25.6 Å². The highest BCUT2D eigenvalue weighted by Gasteiger charge is 2.08.